The van der Waals surface area contributed by atoms with Gasteiger partial charge in [-0.05, 0) is 51.1 Å². The number of nitriles is 1. The van der Waals surface area contributed by atoms with Crippen LogP contribution in [0, 0.1) is 17.1 Å². The van der Waals surface area contributed by atoms with Gasteiger partial charge in [-0.2, -0.15) is 5.26 Å². The standard InChI is InChI=1S/C14H18FN3/c1-11-9-14(10-16,7-8-18(11)2)17-13-5-3-12(15)4-6-13/h3-6,11,17H,7-9H2,1-2H3. The smallest absolute Gasteiger partial charge is 0.128 e. The first-order valence-electron chi connectivity index (χ1n) is 6.20. The van der Waals surface area contributed by atoms with Crippen LogP contribution in [0.1, 0.15) is 19.8 Å². The van der Waals surface area contributed by atoms with Crippen LogP contribution in [-0.4, -0.2) is 30.1 Å². The van der Waals surface area contributed by atoms with Crippen LogP contribution >= 0.6 is 0 Å². The number of hydrogen-bond donors (Lipinski definition) is 1. The first-order chi connectivity index (χ1) is 8.54. The monoisotopic (exact) mass is 247 g/mol. The van der Waals surface area contributed by atoms with Gasteiger partial charge in [0.1, 0.15) is 11.4 Å². The maximum absolute atomic E-state index is 12.9. The van der Waals surface area contributed by atoms with Gasteiger partial charge in [0.25, 0.3) is 0 Å². The lowest BCUT2D eigenvalue weighted by Gasteiger charge is -2.41. The van der Waals surface area contributed by atoms with E-state index in [-0.39, 0.29) is 5.82 Å². The third-order valence-corrected chi connectivity index (χ3v) is 3.73. The van der Waals surface area contributed by atoms with Crippen LogP contribution in [0.25, 0.3) is 0 Å². The van der Waals surface area contributed by atoms with Gasteiger partial charge in [0, 0.05) is 18.3 Å². The van der Waals surface area contributed by atoms with Gasteiger partial charge < -0.3 is 10.2 Å². The Morgan fingerprint density at radius 1 is 1.44 bits per heavy atom. The number of halogens is 1. The van der Waals surface area contributed by atoms with Crippen molar-refractivity contribution in [3.8, 4) is 6.07 Å². The van der Waals surface area contributed by atoms with Crippen molar-refractivity contribution in [2.75, 3.05) is 18.9 Å². The Hall–Kier alpha value is -1.60. The van der Waals surface area contributed by atoms with Gasteiger partial charge in [0.2, 0.25) is 0 Å². The molecule has 2 rings (SSSR count). The molecule has 1 saturated heterocycles. The van der Waals surface area contributed by atoms with E-state index in [9.17, 15) is 9.65 Å². The number of nitrogens with one attached hydrogen (secondary N) is 1. The van der Waals surface area contributed by atoms with Crippen LogP contribution < -0.4 is 5.32 Å². The molecule has 2 unspecified atom stereocenters. The van der Waals surface area contributed by atoms with Crippen molar-refractivity contribution in [1.82, 2.24) is 4.90 Å². The van der Waals surface area contributed by atoms with Crippen molar-refractivity contribution in [2.24, 2.45) is 0 Å². The van der Waals surface area contributed by atoms with E-state index in [1.165, 1.54) is 12.1 Å². The molecule has 0 saturated carbocycles. The molecule has 18 heavy (non-hydrogen) atoms. The van der Waals surface area contributed by atoms with E-state index in [0.717, 1.165) is 25.1 Å². The summed E-state index contributed by atoms with van der Waals surface area (Å²) in [5, 5.41) is 12.7. The highest BCUT2D eigenvalue weighted by Crippen LogP contribution is 2.29. The van der Waals surface area contributed by atoms with Gasteiger partial charge in [-0.25, -0.2) is 4.39 Å². The largest absolute Gasteiger partial charge is 0.367 e. The minimum absolute atomic E-state index is 0.261. The fourth-order valence-corrected chi connectivity index (χ4v) is 2.40. The maximum atomic E-state index is 12.9. The second kappa shape index (κ2) is 4.95. The minimum Gasteiger partial charge on any atom is -0.367 e. The first kappa shape index (κ1) is 12.8. The quantitative estimate of drug-likeness (QED) is 0.873. The summed E-state index contributed by atoms with van der Waals surface area (Å²) in [7, 11) is 2.07. The molecule has 1 aliphatic heterocycles. The molecule has 4 heteroatoms. The second-order valence-corrected chi connectivity index (χ2v) is 5.11. The van der Waals surface area contributed by atoms with E-state index in [1.807, 2.05) is 0 Å². The van der Waals surface area contributed by atoms with Crippen molar-refractivity contribution in [3.63, 3.8) is 0 Å². The van der Waals surface area contributed by atoms with E-state index in [4.69, 9.17) is 0 Å². The third kappa shape index (κ3) is 2.62. The minimum atomic E-state index is -0.538. The van der Waals surface area contributed by atoms with Gasteiger partial charge in [-0.1, -0.05) is 0 Å². The van der Waals surface area contributed by atoms with Crippen LogP contribution in [0.5, 0.6) is 0 Å². The number of anilines is 1. The molecule has 0 aliphatic carbocycles. The average molecular weight is 247 g/mol. The molecule has 1 aliphatic rings. The number of likely N-dealkylation sites (tertiary alicyclic amines) is 1. The molecule has 2 atom stereocenters. The zero-order valence-corrected chi connectivity index (χ0v) is 10.8. The molecule has 96 valence electrons. The fraction of sp³-hybridized carbons (Fsp3) is 0.500. The lowest BCUT2D eigenvalue weighted by molar-refractivity contribution is 0.167. The molecule has 3 nitrogen and oxygen atoms in total. The van der Waals surface area contributed by atoms with E-state index in [0.29, 0.717) is 6.04 Å². The fourth-order valence-electron chi connectivity index (χ4n) is 2.40. The Morgan fingerprint density at radius 2 is 2.11 bits per heavy atom. The summed E-state index contributed by atoms with van der Waals surface area (Å²) in [6.07, 6.45) is 1.55. The predicted molar refractivity (Wildman–Crippen MR) is 69.7 cm³/mol. The third-order valence-electron chi connectivity index (χ3n) is 3.73. The van der Waals surface area contributed by atoms with Gasteiger partial charge >= 0.3 is 0 Å². The second-order valence-electron chi connectivity index (χ2n) is 5.11. The Bertz CT molecular complexity index is 451. The van der Waals surface area contributed by atoms with Crippen LogP contribution in [0.2, 0.25) is 0 Å². The summed E-state index contributed by atoms with van der Waals surface area (Å²) < 4.78 is 12.9. The molecule has 1 heterocycles. The summed E-state index contributed by atoms with van der Waals surface area (Å²) in [6, 6.07) is 8.94. The van der Waals surface area contributed by atoms with Gasteiger partial charge in [-0.3, -0.25) is 0 Å². The molecule has 0 aromatic heterocycles. The highest BCUT2D eigenvalue weighted by molar-refractivity contribution is 5.48. The molecule has 1 aromatic rings. The highest BCUT2D eigenvalue weighted by Gasteiger charge is 2.37. The molecule has 1 fully saturated rings. The Labute approximate surface area is 107 Å². The van der Waals surface area contributed by atoms with E-state index in [1.54, 1.807) is 12.1 Å². The number of piperidine rings is 1. The molecular weight excluding hydrogens is 229 g/mol. The number of hydrogen-bond acceptors (Lipinski definition) is 3. The predicted octanol–water partition coefficient (Wildman–Crippen LogP) is 2.61. The topological polar surface area (TPSA) is 39.1 Å². The van der Waals surface area contributed by atoms with Crippen molar-refractivity contribution in [3.05, 3.63) is 30.1 Å². The normalized spacial score (nSPS) is 28.7. The molecule has 0 bridgehead atoms. The summed E-state index contributed by atoms with van der Waals surface area (Å²) in [6.45, 7) is 3.01. The SMILES string of the molecule is CC1CC(C#N)(Nc2ccc(F)cc2)CCN1C. The Balaban J connectivity index is 2.14. The Kier molecular flexibility index (Phi) is 3.53. The van der Waals surface area contributed by atoms with Crippen LogP contribution in [0.15, 0.2) is 24.3 Å². The molecular formula is C14H18FN3. The first-order valence-corrected chi connectivity index (χ1v) is 6.20. The maximum Gasteiger partial charge on any atom is 0.128 e. The lowest BCUT2D eigenvalue weighted by Crippen LogP contribution is -2.51. The summed E-state index contributed by atoms with van der Waals surface area (Å²) in [5.41, 5.74) is 0.263. The number of benzene rings is 1. The molecule has 0 spiro atoms. The van der Waals surface area contributed by atoms with Crippen molar-refractivity contribution < 1.29 is 4.39 Å². The summed E-state index contributed by atoms with van der Waals surface area (Å²) >= 11 is 0. The van der Waals surface area contributed by atoms with Crippen LogP contribution in [0.4, 0.5) is 10.1 Å². The van der Waals surface area contributed by atoms with Gasteiger partial charge in [0.05, 0.1) is 6.07 Å². The van der Waals surface area contributed by atoms with Crippen molar-refractivity contribution >= 4 is 5.69 Å². The van der Waals surface area contributed by atoms with E-state index < -0.39 is 5.54 Å². The van der Waals surface area contributed by atoms with E-state index in [2.05, 4.69) is 30.3 Å². The zero-order valence-electron chi connectivity index (χ0n) is 10.8. The van der Waals surface area contributed by atoms with Gasteiger partial charge in [0.15, 0.2) is 0 Å². The van der Waals surface area contributed by atoms with Crippen molar-refractivity contribution in [2.45, 2.75) is 31.3 Å². The van der Waals surface area contributed by atoms with Crippen molar-refractivity contribution in [1.29, 1.82) is 5.26 Å². The van der Waals surface area contributed by atoms with Gasteiger partial charge in [-0.15, -0.1) is 0 Å². The number of rotatable bonds is 2. The zero-order chi connectivity index (χ0) is 13.2. The van der Waals surface area contributed by atoms with E-state index >= 15 is 0 Å². The Morgan fingerprint density at radius 3 is 2.67 bits per heavy atom. The molecule has 0 radical (unpaired) electrons. The summed E-state index contributed by atoms with van der Waals surface area (Å²) in [4.78, 5) is 2.25. The average Bonchev–Trinajstić information content (AvgIpc) is 2.37. The lowest BCUT2D eigenvalue weighted by atomic mass is 9.85. The van der Waals surface area contributed by atoms with Crippen LogP contribution in [-0.2, 0) is 0 Å². The highest BCUT2D eigenvalue weighted by atomic mass is 19.1. The summed E-state index contributed by atoms with van der Waals surface area (Å²) in [5.74, 6) is -0.261. The molecule has 1 aromatic carbocycles. The number of nitrogens with zero attached hydrogens (tertiary/aromatic N) is 2. The van der Waals surface area contributed by atoms with Crippen LogP contribution in [0.3, 0.4) is 0 Å². The molecule has 1 N–H and O–H groups in total. The molecule has 0 amide bonds.